The maximum atomic E-state index is 12.4. The molecule has 1 aromatic carbocycles. The summed E-state index contributed by atoms with van der Waals surface area (Å²) in [5, 5.41) is 6.15. The molecule has 2 aromatic rings. The van der Waals surface area contributed by atoms with E-state index in [1.54, 1.807) is 19.4 Å². The quantitative estimate of drug-likeness (QED) is 0.762. The number of nitrogens with zero attached hydrogens (tertiary/aromatic N) is 1. The first-order valence-corrected chi connectivity index (χ1v) is 7.80. The topological polar surface area (TPSA) is 63.2 Å². The lowest BCUT2D eigenvalue weighted by Crippen LogP contribution is -2.15. The Morgan fingerprint density at radius 3 is 2.83 bits per heavy atom. The number of ether oxygens (including phenoxy) is 1. The molecular weight excluding hydrogens is 290 g/mol. The third kappa shape index (κ3) is 4.71. The summed E-state index contributed by atoms with van der Waals surface area (Å²) in [6.45, 7) is 4.99. The molecule has 0 atom stereocenters. The van der Waals surface area contributed by atoms with E-state index < -0.39 is 0 Å². The highest BCUT2D eigenvalue weighted by atomic mass is 16.5. The standard InChI is InChI=1S/C18H23N3O2/c1-4-5-9-19-14-8-10-20-16(12-14)18(22)21-15-11-13(2)6-7-17(15)23-3/h6-8,10-12H,4-5,9H2,1-3H3,(H,19,20)(H,21,22). The Bertz CT molecular complexity index is 671. The minimum Gasteiger partial charge on any atom is -0.495 e. The van der Waals surface area contributed by atoms with E-state index in [4.69, 9.17) is 4.74 Å². The molecule has 5 heteroatoms. The number of aromatic nitrogens is 1. The van der Waals surface area contributed by atoms with Crippen LogP contribution in [0.5, 0.6) is 5.75 Å². The Morgan fingerprint density at radius 1 is 1.26 bits per heavy atom. The van der Waals surface area contributed by atoms with Gasteiger partial charge in [0.25, 0.3) is 5.91 Å². The van der Waals surface area contributed by atoms with Crippen molar-refractivity contribution >= 4 is 17.3 Å². The Balaban J connectivity index is 2.11. The summed E-state index contributed by atoms with van der Waals surface area (Å²) in [5.74, 6) is 0.370. The predicted octanol–water partition coefficient (Wildman–Crippen LogP) is 3.86. The number of anilines is 2. The first-order valence-electron chi connectivity index (χ1n) is 7.80. The molecule has 1 amide bonds. The molecule has 0 aliphatic rings. The number of methoxy groups -OCH3 is 1. The Labute approximate surface area is 137 Å². The van der Waals surface area contributed by atoms with E-state index in [0.29, 0.717) is 17.1 Å². The van der Waals surface area contributed by atoms with Gasteiger partial charge in [0.15, 0.2) is 0 Å². The second-order valence-electron chi connectivity index (χ2n) is 5.37. The lowest BCUT2D eigenvalue weighted by atomic mass is 10.2. The summed E-state index contributed by atoms with van der Waals surface area (Å²) in [4.78, 5) is 16.6. The average Bonchev–Trinajstić information content (AvgIpc) is 2.55. The molecule has 1 aromatic heterocycles. The van der Waals surface area contributed by atoms with E-state index in [1.165, 1.54) is 0 Å². The molecule has 0 spiro atoms. The van der Waals surface area contributed by atoms with E-state index in [2.05, 4.69) is 22.5 Å². The van der Waals surface area contributed by atoms with Crippen molar-refractivity contribution < 1.29 is 9.53 Å². The highest BCUT2D eigenvalue weighted by molar-refractivity contribution is 6.04. The van der Waals surface area contributed by atoms with Crippen molar-refractivity contribution in [1.82, 2.24) is 4.98 Å². The number of pyridine rings is 1. The normalized spacial score (nSPS) is 10.2. The summed E-state index contributed by atoms with van der Waals surface area (Å²) in [7, 11) is 1.58. The molecule has 0 aliphatic heterocycles. The van der Waals surface area contributed by atoms with Crippen LogP contribution in [0, 0.1) is 6.92 Å². The second-order valence-corrected chi connectivity index (χ2v) is 5.37. The number of carbonyl (C=O) groups is 1. The molecule has 5 nitrogen and oxygen atoms in total. The van der Waals surface area contributed by atoms with Crippen LogP contribution in [0.1, 0.15) is 35.8 Å². The smallest absolute Gasteiger partial charge is 0.274 e. The third-order valence-corrected chi connectivity index (χ3v) is 3.46. The van der Waals surface area contributed by atoms with Crippen LogP contribution in [0.25, 0.3) is 0 Å². The minimum absolute atomic E-state index is 0.256. The van der Waals surface area contributed by atoms with Gasteiger partial charge < -0.3 is 15.4 Å². The molecule has 0 saturated carbocycles. The summed E-state index contributed by atoms with van der Waals surface area (Å²) in [6, 6.07) is 9.26. The average molecular weight is 313 g/mol. The van der Waals surface area contributed by atoms with Crippen LogP contribution in [0.4, 0.5) is 11.4 Å². The summed E-state index contributed by atoms with van der Waals surface area (Å²) in [6.07, 6.45) is 3.85. The van der Waals surface area contributed by atoms with Gasteiger partial charge in [-0.3, -0.25) is 9.78 Å². The van der Waals surface area contributed by atoms with Crippen LogP contribution in [0.2, 0.25) is 0 Å². The van der Waals surface area contributed by atoms with Gasteiger partial charge in [-0.2, -0.15) is 0 Å². The zero-order chi connectivity index (χ0) is 16.7. The van der Waals surface area contributed by atoms with Gasteiger partial charge in [0.2, 0.25) is 0 Å². The third-order valence-electron chi connectivity index (χ3n) is 3.46. The number of carbonyl (C=O) groups excluding carboxylic acids is 1. The van der Waals surface area contributed by atoms with Crippen LogP contribution < -0.4 is 15.4 Å². The first-order chi connectivity index (χ1) is 11.1. The highest BCUT2D eigenvalue weighted by Crippen LogP contribution is 2.25. The molecule has 0 unspecified atom stereocenters. The van der Waals surface area contributed by atoms with E-state index in [1.807, 2.05) is 31.2 Å². The molecule has 2 N–H and O–H groups in total. The fraction of sp³-hybridized carbons (Fsp3) is 0.333. The zero-order valence-electron chi connectivity index (χ0n) is 13.8. The number of hydrogen-bond donors (Lipinski definition) is 2. The van der Waals surface area contributed by atoms with Gasteiger partial charge in [-0.1, -0.05) is 19.4 Å². The van der Waals surface area contributed by atoms with Crippen LogP contribution in [-0.4, -0.2) is 24.5 Å². The minimum atomic E-state index is -0.256. The van der Waals surface area contributed by atoms with Gasteiger partial charge in [0, 0.05) is 18.4 Å². The van der Waals surface area contributed by atoms with Crippen molar-refractivity contribution in [3.8, 4) is 5.75 Å². The molecule has 0 bridgehead atoms. The molecule has 122 valence electrons. The maximum Gasteiger partial charge on any atom is 0.274 e. The van der Waals surface area contributed by atoms with Crippen LogP contribution in [0.15, 0.2) is 36.5 Å². The molecular formula is C18H23N3O2. The van der Waals surface area contributed by atoms with Crippen molar-refractivity contribution in [3.05, 3.63) is 47.8 Å². The number of amides is 1. The lowest BCUT2D eigenvalue weighted by molar-refractivity contribution is 0.102. The van der Waals surface area contributed by atoms with Gasteiger partial charge in [0.05, 0.1) is 12.8 Å². The van der Waals surface area contributed by atoms with Crippen molar-refractivity contribution in [1.29, 1.82) is 0 Å². The highest BCUT2D eigenvalue weighted by Gasteiger charge is 2.11. The number of unbranched alkanes of at least 4 members (excludes halogenated alkanes) is 1. The summed E-state index contributed by atoms with van der Waals surface area (Å²) >= 11 is 0. The number of aryl methyl sites for hydroxylation is 1. The van der Waals surface area contributed by atoms with Crippen molar-refractivity contribution in [2.75, 3.05) is 24.3 Å². The SMILES string of the molecule is CCCCNc1ccnc(C(=O)Nc2cc(C)ccc2OC)c1. The fourth-order valence-corrected chi connectivity index (χ4v) is 2.18. The molecule has 0 fully saturated rings. The molecule has 0 aliphatic carbocycles. The van der Waals surface area contributed by atoms with E-state index >= 15 is 0 Å². The van der Waals surface area contributed by atoms with Crippen molar-refractivity contribution in [3.63, 3.8) is 0 Å². The number of benzene rings is 1. The van der Waals surface area contributed by atoms with Gasteiger partial charge in [-0.05, 0) is 43.2 Å². The Hall–Kier alpha value is -2.56. The van der Waals surface area contributed by atoms with E-state index in [-0.39, 0.29) is 5.91 Å². The van der Waals surface area contributed by atoms with Gasteiger partial charge in [-0.25, -0.2) is 0 Å². The molecule has 2 rings (SSSR count). The van der Waals surface area contributed by atoms with Gasteiger partial charge in [-0.15, -0.1) is 0 Å². The first kappa shape index (κ1) is 16.8. The Kier molecular flexibility index (Phi) is 5.97. The molecule has 23 heavy (non-hydrogen) atoms. The van der Waals surface area contributed by atoms with Crippen LogP contribution in [-0.2, 0) is 0 Å². The lowest BCUT2D eigenvalue weighted by Gasteiger charge is -2.11. The second kappa shape index (κ2) is 8.17. The van der Waals surface area contributed by atoms with Gasteiger partial charge in [0.1, 0.15) is 11.4 Å². The van der Waals surface area contributed by atoms with Crippen LogP contribution in [0.3, 0.4) is 0 Å². The summed E-state index contributed by atoms with van der Waals surface area (Å²) < 4.78 is 5.28. The van der Waals surface area contributed by atoms with Gasteiger partial charge >= 0.3 is 0 Å². The molecule has 1 heterocycles. The maximum absolute atomic E-state index is 12.4. The Morgan fingerprint density at radius 2 is 2.09 bits per heavy atom. The monoisotopic (exact) mass is 313 g/mol. The molecule has 0 saturated heterocycles. The molecule has 0 radical (unpaired) electrons. The van der Waals surface area contributed by atoms with E-state index in [0.717, 1.165) is 30.6 Å². The largest absolute Gasteiger partial charge is 0.495 e. The summed E-state index contributed by atoms with van der Waals surface area (Å²) in [5.41, 5.74) is 2.96. The van der Waals surface area contributed by atoms with Crippen molar-refractivity contribution in [2.24, 2.45) is 0 Å². The van der Waals surface area contributed by atoms with Crippen molar-refractivity contribution in [2.45, 2.75) is 26.7 Å². The number of rotatable bonds is 7. The fourth-order valence-electron chi connectivity index (χ4n) is 2.18. The number of nitrogens with one attached hydrogen (secondary N) is 2. The zero-order valence-corrected chi connectivity index (χ0v) is 13.8. The van der Waals surface area contributed by atoms with Crippen LogP contribution >= 0.6 is 0 Å². The predicted molar refractivity (Wildman–Crippen MR) is 93.3 cm³/mol. The number of hydrogen-bond acceptors (Lipinski definition) is 4. The van der Waals surface area contributed by atoms with E-state index in [9.17, 15) is 4.79 Å².